The monoisotopic (exact) mass is 433 g/mol. The Morgan fingerprint density at radius 3 is 1.91 bits per heavy atom. The molecule has 0 aliphatic carbocycles. The lowest BCUT2D eigenvalue weighted by Crippen LogP contribution is -2.61. The van der Waals surface area contributed by atoms with E-state index >= 15 is 0 Å². The van der Waals surface area contributed by atoms with Crippen molar-refractivity contribution in [2.24, 2.45) is 0 Å². The zero-order valence-electron chi connectivity index (χ0n) is 18.7. The molecule has 0 spiro atoms. The highest BCUT2D eigenvalue weighted by atomic mass is 16.5. The van der Waals surface area contributed by atoms with Gasteiger partial charge in [-0.15, -0.1) is 0 Å². The van der Waals surface area contributed by atoms with Crippen LogP contribution in [0.3, 0.4) is 0 Å². The maximum Gasteiger partial charge on any atom is 0.337 e. The van der Waals surface area contributed by atoms with Crippen molar-refractivity contribution in [2.45, 2.75) is 6.92 Å². The minimum absolute atomic E-state index is 0.108. The van der Waals surface area contributed by atoms with Gasteiger partial charge in [0.1, 0.15) is 11.5 Å². The Morgan fingerprint density at radius 1 is 0.559 bits per heavy atom. The molecule has 5 aromatic rings. The Labute approximate surface area is 199 Å². The van der Waals surface area contributed by atoms with E-state index in [9.17, 15) is 0 Å². The smallest absolute Gasteiger partial charge is 0.337 e. The molecule has 0 saturated heterocycles. The van der Waals surface area contributed by atoms with E-state index in [4.69, 9.17) is 4.74 Å². The maximum atomic E-state index is 6.54. The predicted octanol–water partition coefficient (Wildman–Crippen LogP) is 6.67. The summed E-state index contributed by atoms with van der Waals surface area (Å²) in [5.74, 6) is 1.93. The van der Waals surface area contributed by atoms with Gasteiger partial charge in [-0.2, -0.15) is 0 Å². The highest BCUT2D eigenvalue weighted by molar-refractivity contribution is 6.94. The first-order chi connectivity index (χ1) is 16.8. The van der Waals surface area contributed by atoms with Crippen LogP contribution in [0.15, 0.2) is 103 Å². The fourth-order valence-electron chi connectivity index (χ4n) is 6.08. The molecule has 0 atom stereocenters. The average molecular weight is 433 g/mol. The van der Waals surface area contributed by atoms with Crippen LogP contribution in [0.1, 0.15) is 5.56 Å². The number of anilines is 2. The van der Waals surface area contributed by atoms with Crippen LogP contribution in [0.5, 0.6) is 11.5 Å². The van der Waals surface area contributed by atoms with E-state index < -0.39 is 0 Å². The molecule has 2 nitrogen and oxygen atoms in total. The van der Waals surface area contributed by atoms with Crippen molar-refractivity contribution >= 4 is 29.1 Å². The quantitative estimate of drug-likeness (QED) is 0.274. The van der Waals surface area contributed by atoms with Gasteiger partial charge in [0.2, 0.25) is 0 Å². The molecule has 0 bridgehead atoms. The second kappa shape index (κ2) is 6.42. The Morgan fingerprint density at radius 2 is 1.21 bits per heavy atom. The molecule has 0 amide bonds. The topological polar surface area (TPSA) is 12.5 Å². The lowest BCUT2D eigenvalue weighted by molar-refractivity contribution is 0.487. The van der Waals surface area contributed by atoms with Crippen LogP contribution in [0.4, 0.5) is 11.4 Å². The van der Waals surface area contributed by atoms with Crippen molar-refractivity contribution in [1.82, 2.24) is 0 Å². The van der Waals surface area contributed by atoms with Gasteiger partial charge in [0.15, 0.2) is 0 Å². The summed E-state index contributed by atoms with van der Waals surface area (Å²) in [6, 6.07) is 37.4. The van der Waals surface area contributed by atoms with Gasteiger partial charge < -0.3 is 9.55 Å². The molecular weight excluding hydrogens is 413 g/mol. The van der Waals surface area contributed by atoms with E-state index in [0.717, 1.165) is 11.5 Å². The maximum absolute atomic E-state index is 6.54. The highest BCUT2D eigenvalue weighted by Crippen LogP contribution is 2.50. The summed E-state index contributed by atoms with van der Waals surface area (Å²) in [4.78, 5) is 2.54. The molecule has 3 heteroatoms. The number of nitrogens with zero attached hydrogens (tertiary/aromatic N) is 1. The van der Waals surface area contributed by atoms with Crippen molar-refractivity contribution < 1.29 is 4.74 Å². The second-order valence-corrected chi connectivity index (χ2v) is 9.43. The third-order valence-corrected chi connectivity index (χ3v) is 7.51. The van der Waals surface area contributed by atoms with Gasteiger partial charge in [-0.3, -0.25) is 0 Å². The number of benzene rings is 5. The van der Waals surface area contributed by atoms with Gasteiger partial charge in [0, 0.05) is 33.4 Å². The van der Waals surface area contributed by atoms with Gasteiger partial charge in [0.25, 0.3) is 0 Å². The molecule has 3 aliphatic heterocycles. The van der Waals surface area contributed by atoms with Crippen molar-refractivity contribution in [2.75, 3.05) is 4.81 Å². The van der Waals surface area contributed by atoms with Crippen LogP contribution in [0.2, 0.25) is 0 Å². The van der Waals surface area contributed by atoms with Crippen LogP contribution in [0, 0.1) is 6.92 Å². The third kappa shape index (κ3) is 2.26. The minimum Gasteiger partial charge on any atom is -0.458 e. The molecule has 5 aromatic carbocycles. The zero-order chi connectivity index (χ0) is 22.4. The van der Waals surface area contributed by atoms with Crippen LogP contribution in [-0.4, -0.2) is 6.85 Å². The van der Waals surface area contributed by atoms with Crippen LogP contribution < -0.4 is 20.5 Å². The van der Waals surface area contributed by atoms with Gasteiger partial charge in [-0.1, -0.05) is 72.3 Å². The Kier molecular flexibility index (Phi) is 3.44. The number of rotatable bonds is 1. The molecule has 0 radical (unpaired) electrons. The standard InChI is InChI=1S/C31H20BNO/c1-19-13-15-26-24(17-19)22-9-5-11-28-30(22)32-31-23(10-6-12-29(31)34-28)25-18-21(14-16-27(25)33(26)32)20-7-3-2-4-8-20/h2-18H,1H3. The van der Waals surface area contributed by atoms with Crippen LogP contribution in [-0.2, 0) is 0 Å². The summed E-state index contributed by atoms with van der Waals surface area (Å²) in [7, 11) is 0. The first kappa shape index (κ1) is 18.2. The molecule has 0 N–H and O–H groups in total. The summed E-state index contributed by atoms with van der Waals surface area (Å²) in [6.07, 6.45) is 0. The van der Waals surface area contributed by atoms with E-state index in [2.05, 4.69) is 115 Å². The zero-order valence-corrected chi connectivity index (χ0v) is 18.7. The molecule has 34 heavy (non-hydrogen) atoms. The second-order valence-electron chi connectivity index (χ2n) is 9.43. The fourth-order valence-corrected chi connectivity index (χ4v) is 6.08. The van der Waals surface area contributed by atoms with Crippen molar-refractivity contribution in [1.29, 1.82) is 0 Å². The van der Waals surface area contributed by atoms with E-state index in [1.54, 1.807) is 0 Å². The summed E-state index contributed by atoms with van der Waals surface area (Å²) in [6.45, 7) is 2.28. The number of hydrogen-bond acceptors (Lipinski definition) is 2. The first-order valence-corrected chi connectivity index (χ1v) is 11.8. The highest BCUT2D eigenvalue weighted by Gasteiger charge is 2.47. The number of fused-ring (bicyclic) bond motifs is 6. The summed E-state index contributed by atoms with van der Waals surface area (Å²) in [5, 5.41) is 0. The predicted molar refractivity (Wildman–Crippen MR) is 141 cm³/mol. The van der Waals surface area contributed by atoms with Gasteiger partial charge >= 0.3 is 6.85 Å². The molecule has 3 heterocycles. The van der Waals surface area contributed by atoms with E-state index in [-0.39, 0.29) is 6.85 Å². The summed E-state index contributed by atoms with van der Waals surface area (Å²) < 4.78 is 6.54. The summed E-state index contributed by atoms with van der Waals surface area (Å²) >= 11 is 0. The Hall–Kier alpha value is -4.24. The Bertz CT molecular complexity index is 1660. The largest absolute Gasteiger partial charge is 0.458 e. The molecule has 0 fully saturated rings. The van der Waals surface area contributed by atoms with E-state index in [1.165, 1.54) is 61.2 Å². The lowest BCUT2D eigenvalue weighted by Gasteiger charge is -2.46. The SMILES string of the molecule is Cc1ccc2c(c1)-c1cccc3c1B1c4c(cccc4-c4cc(-c5ccccc5)ccc4N12)O3. The van der Waals surface area contributed by atoms with Gasteiger partial charge in [0.05, 0.1) is 0 Å². The normalized spacial score (nSPS) is 13.6. The number of aryl methyl sites for hydroxylation is 1. The van der Waals surface area contributed by atoms with Crippen LogP contribution in [0.25, 0.3) is 33.4 Å². The minimum atomic E-state index is 0.108. The van der Waals surface area contributed by atoms with Crippen molar-refractivity contribution in [3.8, 4) is 44.9 Å². The van der Waals surface area contributed by atoms with Crippen molar-refractivity contribution in [3.05, 3.63) is 109 Å². The third-order valence-electron chi connectivity index (χ3n) is 7.51. The van der Waals surface area contributed by atoms with Crippen LogP contribution >= 0.6 is 0 Å². The molecule has 158 valence electrons. The molecule has 0 unspecified atom stereocenters. The van der Waals surface area contributed by atoms with E-state index in [0.29, 0.717) is 0 Å². The average Bonchev–Trinajstić information content (AvgIpc) is 2.89. The van der Waals surface area contributed by atoms with Gasteiger partial charge in [-0.05, 0) is 65.6 Å². The molecular formula is C31H20BNO. The summed E-state index contributed by atoms with van der Waals surface area (Å²) in [5.41, 5.74) is 13.9. The van der Waals surface area contributed by atoms with Crippen molar-refractivity contribution in [3.63, 3.8) is 0 Å². The molecule has 0 aromatic heterocycles. The molecule has 3 aliphatic rings. The number of hydrogen-bond donors (Lipinski definition) is 0. The molecule has 0 saturated carbocycles. The lowest BCUT2D eigenvalue weighted by atomic mass is 9.42. The fraction of sp³-hybridized carbons (Fsp3) is 0.0323. The first-order valence-electron chi connectivity index (χ1n) is 11.8. The van der Waals surface area contributed by atoms with Gasteiger partial charge in [-0.25, -0.2) is 0 Å². The number of ether oxygens (including phenoxy) is 1. The Balaban J connectivity index is 1.48. The molecule has 8 rings (SSSR count). The van der Waals surface area contributed by atoms with E-state index in [1.807, 2.05) is 0 Å².